The molecule has 1 aromatic carbocycles. The molecule has 2 atom stereocenters. The van der Waals surface area contributed by atoms with E-state index in [1.165, 1.54) is 0 Å². The highest BCUT2D eigenvalue weighted by molar-refractivity contribution is 5.83. The molecule has 0 saturated carbocycles. The molecule has 0 radical (unpaired) electrons. The van der Waals surface area contributed by atoms with Gasteiger partial charge in [-0.3, -0.25) is 9.59 Å². The van der Waals surface area contributed by atoms with Gasteiger partial charge in [-0.15, -0.1) is 0 Å². The van der Waals surface area contributed by atoms with Crippen LogP contribution in [0.15, 0.2) is 18.2 Å². The second-order valence-electron chi connectivity index (χ2n) is 6.03. The third-order valence-electron chi connectivity index (χ3n) is 4.27. The Morgan fingerprint density at radius 1 is 1.30 bits per heavy atom. The molecule has 124 valence electrons. The van der Waals surface area contributed by atoms with Gasteiger partial charge in [-0.25, -0.2) is 0 Å². The summed E-state index contributed by atoms with van der Waals surface area (Å²) in [5.74, 6) is 1.32. The highest BCUT2D eigenvalue weighted by atomic mass is 16.5. The van der Waals surface area contributed by atoms with Crippen LogP contribution in [0.1, 0.15) is 37.8 Å². The number of fused-ring (bicyclic) bond motifs is 1. The van der Waals surface area contributed by atoms with Gasteiger partial charge >= 0.3 is 0 Å². The Labute approximate surface area is 135 Å². The van der Waals surface area contributed by atoms with E-state index in [9.17, 15) is 9.59 Å². The number of hydrogen-bond acceptors (Lipinski definition) is 4. The van der Waals surface area contributed by atoms with Crippen LogP contribution in [-0.2, 0) is 9.59 Å². The first-order valence-corrected chi connectivity index (χ1v) is 8.10. The first-order chi connectivity index (χ1) is 11.1. The van der Waals surface area contributed by atoms with E-state index in [1.807, 2.05) is 25.1 Å². The van der Waals surface area contributed by atoms with Gasteiger partial charge in [0.15, 0.2) is 11.5 Å². The molecule has 6 heteroatoms. The number of amides is 2. The summed E-state index contributed by atoms with van der Waals surface area (Å²) >= 11 is 0. The van der Waals surface area contributed by atoms with Gasteiger partial charge in [0.2, 0.25) is 11.8 Å². The maximum absolute atomic E-state index is 12.3. The standard InChI is InChI=1S/C17H22N2O4/c1-11(19-17(21)13-4-6-16(20)18-10-13)12-3-5-14-15(9-12)23-8-2-7-22-14/h3,5,9,11,13H,2,4,6-8,10H2,1H3,(H,18,20)(H,19,21)/t11-,13+/m0/s1. The SMILES string of the molecule is C[C@H](NC(=O)[C@@H]1CCC(=O)NC1)c1ccc2c(c1)OCCCO2. The average Bonchev–Trinajstić information content (AvgIpc) is 2.79. The molecule has 2 heterocycles. The lowest BCUT2D eigenvalue weighted by Crippen LogP contribution is -2.43. The van der Waals surface area contributed by atoms with Crippen molar-refractivity contribution in [3.63, 3.8) is 0 Å². The van der Waals surface area contributed by atoms with E-state index in [0.717, 1.165) is 23.5 Å². The zero-order valence-electron chi connectivity index (χ0n) is 13.3. The molecule has 0 unspecified atom stereocenters. The molecule has 1 saturated heterocycles. The maximum atomic E-state index is 12.3. The first kappa shape index (κ1) is 15.6. The van der Waals surface area contributed by atoms with Crippen LogP contribution in [0.25, 0.3) is 0 Å². The summed E-state index contributed by atoms with van der Waals surface area (Å²) in [6.45, 7) is 3.65. The Kier molecular flexibility index (Phi) is 4.69. The summed E-state index contributed by atoms with van der Waals surface area (Å²) < 4.78 is 11.3. The first-order valence-electron chi connectivity index (χ1n) is 8.10. The van der Waals surface area contributed by atoms with Crippen molar-refractivity contribution in [1.82, 2.24) is 10.6 Å². The van der Waals surface area contributed by atoms with Gasteiger partial charge in [0, 0.05) is 19.4 Å². The lowest BCUT2D eigenvalue weighted by Gasteiger charge is -2.24. The zero-order chi connectivity index (χ0) is 16.2. The molecule has 2 aliphatic heterocycles. The molecule has 0 spiro atoms. The fourth-order valence-corrected chi connectivity index (χ4v) is 2.82. The summed E-state index contributed by atoms with van der Waals surface area (Å²) in [5, 5.41) is 5.75. The third kappa shape index (κ3) is 3.75. The molecule has 6 nitrogen and oxygen atoms in total. The summed E-state index contributed by atoms with van der Waals surface area (Å²) in [6.07, 6.45) is 1.88. The zero-order valence-corrected chi connectivity index (χ0v) is 13.3. The molecule has 1 aromatic rings. The van der Waals surface area contributed by atoms with Crippen molar-refractivity contribution in [3.05, 3.63) is 23.8 Å². The van der Waals surface area contributed by atoms with Crippen LogP contribution in [0.3, 0.4) is 0 Å². The molecule has 2 aliphatic rings. The number of rotatable bonds is 3. The molecule has 2 amide bonds. The van der Waals surface area contributed by atoms with Crippen molar-refractivity contribution in [2.24, 2.45) is 5.92 Å². The van der Waals surface area contributed by atoms with Gasteiger partial charge in [-0.2, -0.15) is 0 Å². The van der Waals surface area contributed by atoms with E-state index in [-0.39, 0.29) is 23.8 Å². The quantitative estimate of drug-likeness (QED) is 0.886. The van der Waals surface area contributed by atoms with Gasteiger partial charge in [0.25, 0.3) is 0 Å². The predicted molar refractivity (Wildman–Crippen MR) is 84.3 cm³/mol. The number of carbonyl (C=O) groups is 2. The van der Waals surface area contributed by atoms with E-state index in [1.54, 1.807) is 0 Å². The van der Waals surface area contributed by atoms with E-state index in [2.05, 4.69) is 10.6 Å². The van der Waals surface area contributed by atoms with Gasteiger partial charge in [0.1, 0.15) is 0 Å². The number of ether oxygens (including phenoxy) is 2. The summed E-state index contributed by atoms with van der Waals surface area (Å²) in [6, 6.07) is 5.63. The van der Waals surface area contributed by atoms with Crippen molar-refractivity contribution in [2.75, 3.05) is 19.8 Å². The maximum Gasteiger partial charge on any atom is 0.225 e. The fraction of sp³-hybridized carbons (Fsp3) is 0.529. The van der Waals surface area contributed by atoms with Crippen LogP contribution >= 0.6 is 0 Å². The van der Waals surface area contributed by atoms with Crippen molar-refractivity contribution >= 4 is 11.8 Å². The fourth-order valence-electron chi connectivity index (χ4n) is 2.82. The highest BCUT2D eigenvalue weighted by Gasteiger charge is 2.25. The highest BCUT2D eigenvalue weighted by Crippen LogP contribution is 2.32. The van der Waals surface area contributed by atoms with Crippen LogP contribution in [-0.4, -0.2) is 31.6 Å². The lowest BCUT2D eigenvalue weighted by atomic mass is 9.97. The predicted octanol–water partition coefficient (Wildman–Crippen LogP) is 1.55. The van der Waals surface area contributed by atoms with Crippen LogP contribution in [0, 0.1) is 5.92 Å². The molecular weight excluding hydrogens is 296 g/mol. The van der Waals surface area contributed by atoms with Crippen LogP contribution in [0.5, 0.6) is 11.5 Å². The van der Waals surface area contributed by atoms with E-state index in [0.29, 0.717) is 32.6 Å². The number of carbonyl (C=O) groups excluding carboxylic acids is 2. The monoisotopic (exact) mass is 318 g/mol. The molecule has 0 aromatic heterocycles. The van der Waals surface area contributed by atoms with Gasteiger partial charge in [0.05, 0.1) is 25.2 Å². The minimum atomic E-state index is -0.157. The largest absolute Gasteiger partial charge is 0.490 e. The third-order valence-corrected chi connectivity index (χ3v) is 4.27. The Bertz CT molecular complexity index is 592. The number of piperidine rings is 1. The van der Waals surface area contributed by atoms with E-state index < -0.39 is 0 Å². The van der Waals surface area contributed by atoms with Crippen molar-refractivity contribution < 1.29 is 19.1 Å². The van der Waals surface area contributed by atoms with E-state index >= 15 is 0 Å². The number of benzene rings is 1. The van der Waals surface area contributed by atoms with E-state index in [4.69, 9.17) is 9.47 Å². The Morgan fingerprint density at radius 2 is 2.09 bits per heavy atom. The average molecular weight is 318 g/mol. The Balaban J connectivity index is 1.63. The molecule has 0 aliphatic carbocycles. The normalized spacial score (nSPS) is 21.8. The molecule has 2 N–H and O–H groups in total. The van der Waals surface area contributed by atoms with Crippen LogP contribution in [0.4, 0.5) is 0 Å². The van der Waals surface area contributed by atoms with Crippen molar-refractivity contribution in [1.29, 1.82) is 0 Å². The topological polar surface area (TPSA) is 76.7 Å². The number of nitrogens with one attached hydrogen (secondary N) is 2. The van der Waals surface area contributed by atoms with Crippen LogP contribution in [0.2, 0.25) is 0 Å². The molecule has 23 heavy (non-hydrogen) atoms. The van der Waals surface area contributed by atoms with Crippen molar-refractivity contribution in [2.45, 2.75) is 32.2 Å². The lowest BCUT2D eigenvalue weighted by molar-refractivity contribution is -0.129. The number of hydrogen-bond donors (Lipinski definition) is 2. The van der Waals surface area contributed by atoms with Crippen molar-refractivity contribution in [3.8, 4) is 11.5 Å². The summed E-state index contributed by atoms with van der Waals surface area (Å²) in [4.78, 5) is 23.5. The Hall–Kier alpha value is -2.24. The Morgan fingerprint density at radius 3 is 2.83 bits per heavy atom. The smallest absolute Gasteiger partial charge is 0.225 e. The van der Waals surface area contributed by atoms with Gasteiger partial charge < -0.3 is 20.1 Å². The second-order valence-corrected chi connectivity index (χ2v) is 6.03. The molecule has 0 bridgehead atoms. The van der Waals surface area contributed by atoms with Gasteiger partial charge in [-0.05, 0) is 31.0 Å². The minimum Gasteiger partial charge on any atom is -0.490 e. The summed E-state index contributed by atoms with van der Waals surface area (Å²) in [7, 11) is 0. The van der Waals surface area contributed by atoms with Crippen LogP contribution < -0.4 is 20.1 Å². The molecular formula is C17H22N2O4. The second kappa shape index (κ2) is 6.89. The summed E-state index contributed by atoms with van der Waals surface area (Å²) in [5.41, 5.74) is 0.974. The molecule has 1 fully saturated rings. The minimum absolute atomic E-state index is 0.0185. The molecule has 3 rings (SSSR count). The van der Waals surface area contributed by atoms with Gasteiger partial charge in [-0.1, -0.05) is 6.07 Å².